The van der Waals surface area contributed by atoms with E-state index in [2.05, 4.69) is 0 Å². The highest BCUT2D eigenvalue weighted by Crippen LogP contribution is 2.61. The normalized spacial score (nSPS) is 36.9. The quantitative estimate of drug-likeness (QED) is 0.107. The minimum atomic E-state index is -1.84. The molecule has 2 aliphatic heterocycles. The third-order valence-electron chi connectivity index (χ3n) is 9.46. The summed E-state index contributed by atoms with van der Waals surface area (Å²) in [6.45, 7) is -1.51. The van der Waals surface area contributed by atoms with Gasteiger partial charge in [0.2, 0.25) is 12.6 Å². The summed E-state index contributed by atoms with van der Waals surface area (Å²) in [5, 5.41) is 102. The second-order valence-electron chi connectivity index (χ2n) is 12.2. The minimum Gasteiger partial charge on any atom is -0.497 e. The van der Waals surface area contributed by atoms with Crippen molar-refractivity contribution >= 4 is 11.9 Å². The molecular formula is C32H40O18. The summed E-state index contributed by atoms with van der Waals surface area (Å²) < 4.78 is 33.5. The van der Waals surface area contributed by atoms with E-state index in [0.29, 0.717) is 0 Å². The second kappa shape index (κ2) is 15.2. The predicted octanol–water partition coefficient (Wildman–Crippen LogP) is -2.66. The zero-order valence-corrected chi connectivity index (χ0v) is 26.7. The van der Waals surface area contributed by atoms with Crippen molar-refractivity contribution in [2.75, 3.05) is 27.4 Å². The third-order valence-corrected chi connectivity index (χ3v) is 9.46. The zero-order chi connectivity index (χ0) is 36.6. The van der Waals surface area contributed by atoms with Crippen LogP contribution in [0.15, 0.2) is 36.4 Å². The van der Waals surface area contributed by atoms with E-state index in [1.165, 1.54) is 50.6 Å². The molecule has 2 heterocycles. The Kier molecular flexibility index (Phi) is 11.4. The van der Waals surface area contributed by atoms with Crippen LogP contribution in [0.1, 0.15) is 23.0 Å². The summed E-state index contributed by atoms with van der Waals surface area (Å²) in [4.78, 5) is 25.4. The van der Waals surface area contributed by atoms with Crippen LogP contribution in [0.25, 0.3) is 0 Å². The lowest BCUT2D eigenvalue weighted by atomic mass is 9.52. The van der Waals surface area contributed by atoms with Gasteiger partial charge in [-0.2, -0.15) is 0 Å². The average molecular weight is 713 g/mol. The first-order valence-corrected chi connectivity index (χ1v) is 15.5. The molecule has 0 radical (unpaired) electrons. The summed E-state index contributed by atoms with van der Waals surface area (Å²) in [7, 11) is 2.67. The Morgan fingerprint density at radius 1 is 0.600 bits per heavy atom. The average Bonchev–Trinajstić information content (AvgIpc) is 3.08. The first-order valence-electron chi connectivity index (χ1n) is 15.5. The van der Waals surface area contributed by atoms with Gasteiger partial charge >= 0.3 is 11.9 Å². The summed E-state index contributed by atoms with van der Waals surface area (Å²) in [5.74, 6) is -8.42. The molecule has 1 saturated carbocycles. The van der Waals surface area contributed by atoms with Crippen LogP contribution in [0.2, 0.25) is 0 Å². The van der Waals surface area contributed by atoms with E-state index in [4.69, 9.17) is 28.4 Å². The molecule has 14 atom stereocenters. The molecule has 2 aromatic carbocycles. The van der Waals surface area contributed by atoms with Crippen molar-refractivity contribution in [1.29, 1.82) is 0 Å². The van der Waals surface area contributed by atoms with Crippen molar-refractivity contribution in [1.82, 2.24) is 0 Å². The van der Waals surface area contributed by atoms with E-state index in [0.717, 1.165) is 0 Å². The van der Waals surface area contributed by atoms with Gasteiger partial charge in [-0.3, -0.25) is 9.59 Å². The SMILES string of the molecule is COc1ccc([C@@H]2[C@@H](C(=O)O)[C@@H](C(=O)O)[C@@H]2c2ccc(OC)cc2O[C@H]2O[C@H](CO)[C@@H](O)[C@H](O)[C@H]2O)c(O[C@H]2O[C@H](CO)[C@@H](O)[C@H](O)[C@H]2O)c1. The van der Waals surface area contributed by atoms with Gasteiger partial charge in [-0.25, -0.2) is 0 Å². The first kappa shape index (κ1) is 37.4. The highest BCUT2D eigenvalue weighted by atomic mass is 16.7. The molecule has 18 nitrogen and oxygen atoms in total. The molecule has 0 bridgehead atoms. The van der Waals surface area contributed by atoms with Crippen LogP contribution in [-0.4, -0.2) is 152 Å². The number of benzene rings is 2. The van der Waals surface area contributed by atoms with Gasteiger partial charge in [0, 0.05) is 24.0 Å². The molecule has 2 saturated heterocycles. The number of hydrogen-bond acceptors (Lipinski definition) is 16. The summed E-state index contributed by atoms with van der Waals surface area (Å²) in [6.07, 6.45) is -16.7. The van der Waals surface area contributed by atoms with Gasteiger partial charge in [-0.05, 0) is 23.3 Å². The molecule has 3 fully saturated rings. The standard InChI is InChI=1S/C32H40O18/c1-45-11-3-5-13(15(7-11)47-31-27(39)25(37)23(35)17(9-33)49-31)19-20(22(30(43)44)21(19)29(41)42)14-6-4-12(46-2)8-16(14)48-32-28(40)26(38)24(36)18(10-34)50-32/h3-8,17-28,31-40H,9-10H2,1-2H3,(H,41,42)(H,43,44)/t17-,18-,19-,20+,21+,22-,23-,24-,25+,26+,27-,28-,31+,32+/m1/s1. The van der Waals surface area contributed by atoms with Gasteiger partial charge in [0.25, 0.3) is 0 Å². The number of carbonyl (C=O) groups is 2. The van der Waals surface area contributed by atoms with Crippen LogP contribution in [0.3, 0.4) is 0 Å². The number of methoxy groups -OCH3 is 2. The molecule has 276 valence electrons. The maximum atomic E-state index is 12.7. The van der Waals surface area contributed by atoms with E-state index in [1.807, 2.05) is 0 Å². The predicted molar refractivity (Wildman–Crippen MR) is 163 cm³/mol. The summed E-state index contributed by atoms with van der Waals surface area (Å²) in [5.41, 5.74) is 0.208. The molecule has 1 aliphatic carbocycles. The molecule has 0 unspecified atom stereocenters. The lowest BCUT2D eigenvalue weighted by molar-refractivity contribution is -0.277. The van der Waals surface area contributed by atoms with Crippen LogP contribution < -0.4 is 18.9 Å². The van der Waals surface area contributed by atoms with Crippen LogP contribution in [0, 0.1) is 11.8 Å². The first-order chi connectivity index (χ1) is 23.8. The zero-order valence-electron chi connectivity index (χ0n) is 26.7. The van der Waals surface area contributed by atoms with Gasteiger partial charge in [0.15, 0.2) is 0 Å². The van der Waals surface area contributed by atoms with Gasteiger partial charge in [-0.15, -0.1) is 0 Å². The number of carboxylic acid groups (broad SMARTS) is 2. The third kappa shape index (κ3) is 6.79. The summed E-state index contributed by atoms with van der Waals surface area (Å²) >= 11 is 0. The fourth-order valence-corrected chi connectivity index (χ4v) is 6.75. The number of ether oxygens (including phenoxy) is 6. The molecule has 0 amide bonds. The molecule has 50 heavy (non-hydrogen) atoms. The number of hydrogen-bond donors (Lipinski definition) is 10. The molecule has 0 aromatic heterocycles. The Bertz CT molecular complexity index is 1400. The van der Waals surface area contributed by atoms with Gasteiger partial charge in [-0.1, -0.05) is 12.1 Å². The molecule has 0 spiro atoms. The summed E-state index contributed by atoms with van der Waals surface area (Å²) in [6, 6.07) is 8.40. The van der Waals surface area contributed by atoms with Gasteiger partial charge in [0.1, 0.15) is 71.8 Å². The number of carboxylic acids is 2. The van der Waals surface area contributed by atoms with Gasteiger partial charge in [0.05, 0.1) is 39.3 Å². The molecule has 2 aromatic rings. The number of aliphatic hydroxyl groups is 8. The fourth-order valence-electron chi connectivity index (χ4n) is 6.75. The maximum absolute atomic E-state index is 12.7. The molecule has 18 heteroatoms. The molecule has 10 N–H and O–H groups in total. The topological polar surface area (TPSA) is 292 Å². The Morgan fingerprint density at radius 2 is 0.960 bits per heavy atom. The molecule has 3 aliphatic rings. The van der Waals surface area contributed by atoms with Crippen LogP contribution in [-0.2, 0) is 19.1 Å². The number of rotatable bonds is 12. The minimum absolute atomic E-state index is 0.104. The lowest BCUT2D eigenvalue weighted by Crippen LogP contribution is -2.60. The Hall–Kier alpha value is -3.82. The van der Waals surface area contributed by atoms with Crippen molar-refractivity contribution in [3.05, 3.63) is 47.5 Å². The van der Waals surface area contributed by atoms with E-state index in [9.17, 15) is 60.7 Å². The van der Waals surface area contributed by atoms with E-state index >= 15 is 0 Å². The van der Waals surface area contributed by atoms with Gasteiger partial charge < -0.3 is 79.5 Å². The number of aliphatic carboxylic acids is 2. The Morgan fingerprint density at radius 3 is 1.26 bits per heavy atom. The molecule has 5 rings (SSSR count). The monoisotopic (exact) mass is 712 g/mol. The van der Waals surface area contributed by atoms with Crippen molar-refractivity contribution in [3.8, 4) is 23.0 Å². The van der Waals surface area contributed by atoms with Crippen molar-refractivity contribution in [2.45, 2.75) is 73.2 Å². The van der Waals surface area contributed by atoms with Crippen LogP contribution in [0.4, 0.5) is 0 Å². The van der Waals surface area contributed by atoms with E-state index in [-0.39, 0.29) is 34.1 Å². The Balaban J connectivity index is 1.60. The molecular weight excluding hydrogens is 672 g/mol. The second-order valence-corrected chi connectivity index (χ2v) is 12.2. The fraction of sp³-hybridized carbons (Fsp3) is 0.562. The van der Waals surface area contributed by atoms with E-state index in [1.54, 1.807) is 0 Å². The Labute approximate surface area is 284 Å². The van der Waals surface area contributed by atoms with Crippen molar-refractivity contribution in [2.24, 2.45) is 11.8 Å². The van der Waals surface area contributed by atoms with E-state index < -0.39 is 110 Å². The smallest absolute Gasteiger partial charge is 0.308 e. The highest BCUT2D eigenvalue weighted by Gasteiger charge is 2.60. The van der Waals surface area contributed by atoms with Crippen molar-refractivity contribution < 1.29 is 89.1 Å². The van der Waals surface area contributed by atoms with Crippen molar-refractivity contribution in [3.63, 3.8) is 0 Å². The lowest BCUT2D eigenvalue weighted by Gasteiger charge is -2.49. The highest BCUT2D eigenvalue weighted by molar-refractivity contribution is 5.86. The number of aliphatic hydroxyl groups excluding tert-OH is 8. The largest absolute Gasteiger partial charge is 0.497 e. The van der Waals surface area contributed by atoms with Crippen LogP contribution in [0.5, 0.6) is 23.0 Å². The maximum Gasteiger partial charge on any atom is 0.308 e. The van der Waals surface area contributed by atoms with Crippen LogP contribution >= 0.6 is 0 Å².